The van der Waals surface area contributed by atoms with E-state index in [1.165, 1.54) is 25.7 Å². The third kappa shape index (κ3) is 3.82. The first kappa shape index (κ1) is 17.6. The van der Waals surface area contributed by atoms with Crippen LogP contribution >= 0.6 is 0 Å². The number of hydrogen-bond acceptors (Lipinski definition) is 3. The molecule has 0 radical (unpaired) electrons. The van der Waals surface area contributed by atoms with Gasteiger partial charge in [0.05, 0.1) is 7.11 Å². The van der Waals surface area contributed by atoms with Crippen molar-refractivity contribution in [2.24, 2.45) is 5.92 Å². The number of amides is 1. The van der Waals surface area contributed by atoms with Crippen LogP contribution < -0.4 is 10.1 Å². The second-order valence-electron chi connectivity index (χ2n) is 7.20. The van der Waals surface area contributed by atoms with Gasteiger partial charge in [-0.15, -0.1) is 0 Å². The van der Waals surface area contributed by atoms with Gasteiger partial charge in [0.1, 0.15) is 22.9 Å². The molecule has 1 aliphatic rings. The summed E-state index contributed by atoms with van der Waals surface area (Å²) in [7, 11) is 1.65. The first-order valence-corrected chi connectivity index (χ1v) is 9.66. The summed E-state index contributed by atoms with van der Waals surface area (Å²) in [6.07, 6.45) is 8.61. The molecule has 2 aromatic heterocycles. The van der Waals surface area contributed by atoms with Crippen molar-refractivity contribution in [3.63, 3.8) is 0 Å². The summed E-state index contributed by atoms with van der Waals surface area (Å²) >= 11 is 0. The third-order valence-electron chi connectivity index (χ3n) is 5.41. The lowest BCUT2D eigenvalue weighted by atomic mass is 10.0. The van der Waals surface area contributed by atoms with E-state index in [0.717, 1.165) is 34.9 Å². The number of pyridine rings is 1. The van der Waals surface area contributed by atoms with E-state index >= 15 is 0 Å². The molecule has 1 aromatic carbocycles. The average molecular weight is 363 g/mol. The Morgan fingerprint density at radius 3 is 2.70 bits per heavy atom. The van der Waals surface area contributed by atoms with Gasteiger partial charge >= 0.3 is 0 Å². The van der Waals surface area contributed by atoms with E-state index in [1.54, 1.807) is 7.11 Å². The molecule has 0 atom stereocenters. The molecule has 1 fully saturated rings. The number of nitrogens with zero attached hydrogens (tertiary/aromatic N) is 2. The smallest absolute Gasteiger partial charge is 0.225 e. The van der Waals surface area contributed by atoms with Gasteiger partial charge in [0, 0.05) is 18.2 Å². The molecule has 0 saturated heterocycles. The zero-order valence-electron chi connectivity index (χ0n) is 15.6. The van der Waals surface area contributed by atoms with Crippen molar-refractivity contribution in [2.75, 3.05) is 12.4 Å². The van der Waals surface area contributed by atoms with E-state index in [4.69, 9.17) is 9.72 Å². The van der Waals surface area contributed by atoms with Gasteiger partial charge in [-0.1, -0.05) is 31.7 Å². The first-order valence-electron chi connectivity index (χ1n) is 9.66. The van der Waals surface area contributed by atoms with Gasteiger partial charge < -0.3 is 10.1 Å². The molecule has 5 heteroatoms. The Morgan fingerprint density at radius 1 is 1.19 bits per heavy atom. The first-order chi connectivity index (χ1) is 13.2. The molecule has 5 nitrogen and oxygen atoms in total. The second-order valence-corrected chi connectivity index (χ2v) is 7.20. The molecule has 2 heterocycles. The fourth-order valence-corrected chi connectivity index (χ4v) is 3.89. The van der Waals surface area contributed by atoms with E-state index in [0.29, 0.717) is 12.3 Å². The lowest BCUT2D eigenvalue weighted by Gasteiger charge is -2.10. The molecule has 0 unspecified atom stereocenters. The Labute approximate surface area is 159 Å². The molecular formula is C22H25N3O2. The minimum absolute atomic E-state index is 0.0577. The van der Waals surface area contributed by atoms with Crippen molar-refractivity contribution < 1.29 is 9.53 Å². The molecule has 1 N–H and O–H groups in total. The molecule has 1 aliphatic carbocycles. The van der Waals surface area contributed by atoms with Crippen LogP contribution in [0.15, 0.2) is 48.7 Å². The van der Waals surface area contributed by atoms with E-state index in [-0.39, 0.29) is 5.91 Å². The topological polar surface area (TPSA) is 55.6 Å². The highest BCUT2D eigenvalue weighted by Gasteiger charge is 2.19. The van der Waals surface area contributed by atoms with Gasteiger partial charge in [-0.3, -0.25) is 9.20 Å². The van der Waals surface area contributed by atoms with Crippen LogP contribution in [0.5, 0.6) is 5.75 Å². The number of imidazole rings is 1. The van der Waals surface area contributed by atoms with E-state index < -0.39 is 0 Å². The van der Waals surface area contributed by atoms with Crippen molar-refractivity contribution in [3.8, 4) is 17.0 Å². The van der Waals surface area contributed by atoms with E-state index in [9.17, 15) is 4.79 Å². The van der Waals surface area contributed by atoms with Gasteiger partial charge in [0.15, 0.2) is 0 Å². The highest BCUT2D eigenvalue weighted by Crippen LogP contribution is 2.31. The van der Waals surface area contributed by atoms with Crippen molar-refractivity contribution in [2.45, 2.75) is 38.5 Å². The highest BCUT2D eigenvalue weighted by molar-refractivity contribution is 5.94. The minimum Gasteiger partial charge on any atom is -0.497 e. The number of nitrogens with one attached hydrogen (secondary N) is 1. The zero-order valence-corrected chi connectivity index (χ0v) is 15.6. The normalized spacial score (nSPS) is 14.6. The summed E-state index contributed by atoms with van der Waals surface area (Å²) in [4.78, 5) is 17.4. The van der Waals surface area contributed by atoms with E-state index in [1.807, 2.05) is 53.1 Å². The van der Waals surface area contributed by atoms with Crippen LogP contribution in [0.1, 0.15) is 38.5 Å². The number of ether oxygens (including phenoxy) is 1. The number of carbonyl (C=O) groups excluding carboxylic acids is 1. The van der Waals surface area contributed by atoms with Crippen molar-refractivity contribution in [1.29, 1.82) is 0 Å². The third-order valence-corrected chi connectivity index (χ3v) is 5.41. The number of fused-ring (bicyclic) bond motifs is 1. The number of hydrogen-bond donors (Lipinski definition) is 1. The fraction of sp³-hybridized carbons (Fsp3) is 0.364. The van der Waals surface area contributed by atoms with Crippen LogP contribution in [0.4, 0.5) is 5.82 Å². The molecule has 4 rings (SSSR count). The van der Waals surface area contributed by atoms with Crippen LogP contribution in [0.25, 0.3) is 16.9 Å². The largest absolute Gasteiger partial charge is 0.497 e. The monoisotopic (exact) mass is 363 g/mol. The summed E-state index contributed by atoms with van der Waals surface area (Å²) in [5, 5.41) is 3.11. The summed E-state index contributed by atoms with van der Waals surface area (Å²) in [5.41, 5.74) is 2.54. The number of methoxy groups -OCH3 is 1. The SMILES string of the molecule is COc1ccc(-c2nc3ccccn3c2NC(=O)CCC2CCCC2)cc1. The van der Waals surface area contributed by atoms with Gasteiger partial charge in [-0.2, -0.15) is 0 Å². The molecule has 3 aromatic rings. The van der Waals surface area contributed by atoms with Crippen LogP contribution in [0, 0.1) is 5.92 Å². The van der Waals surface area contributed by atoms with Crippen molar-refractivity contribution in [1.82, 2.24) is 9.38 Å². The Bertz CT molecular complexity index is 924. The van der Waals surface area contributed by atoms with Crippen LogP contribution in [0.2, 0.25) is 0 Å². The number of anilines is 1. The molecule has 1 saturated carbocycles. The minimum atomic E-state index is 0.0577. The number of rotatable bonds is 6. The molecule has 0 aliphatic heterocycles. The molecule has 140 valence electrons. The van der Waals surface area contributed by atoms with Crippen LogP contribution in [-0.4, -0.2) is 22.4 Å². The molecular weight excluding hydrogens is 338 g/mol. The quantitative estimate of drug-likeness (QED) is 0.676. The number of benzene rings is 1. The maximum atomic E-state index is 12.6. The lowest BCUT2D eigenvalue weighted by Crippen LogP contribution is -2.14. The molecule has 0 spiro atoms. The highest BCUT2D eigenvalue weighted by atomic mass is 16.5. The lowest BCUT2D eigenvalue weighted by molar-refractivity contribution is -0.116. The van der Waals surface area contributed by atoms with Crippen LogP contribution in [0.3, 0.4) is 0 Å². The predicted molar refractivity (Wildman–Crippen MR) is 107 cm³/mol. The van der Waals surface area contributed by atoms with Gasteiger partial charge in [-0.25, -0.2) is 4.98 Å². The zero-order chi connectivity index (χ0) is 18.6. The van der Waals surface area contributed by atoms with Crippen LogP contribution in [-0.2, 0) is 4.79 Å². The Kier molecular flexibility index (Phi) is 5.10. The van der Waals surface area contributed by atoms with Gasteiger partial charge in [-0.05, 0) is 48.7 Å². The van der Waals surface area contributed by atoms with E-state index in [2.05, 4.69) is 5.32 Å². The Hall–Kier alpha value is -2.82. The van der Waals surface area contributed by atoms with Crippen molar-refractivity contribution >= 4 is 17.4 Å². The Morgan fingerprint density at radius 2 is 1.96 bits per heavy atom. The number of aromatic nitrogens is 2. The summed E-state index contributed by atoms with van der Waals surface area (Å²) in [6, 6.07) is 13.6. The van der Waals surface area contributed by atoms with Gasteiger partial charge in [0.25, 0.3) is 0 Å². The standard InChI is InChI=1S/C22H25N3O2/c1-27-18-12-10-17(11-13-18)21-22(25-15-5-4-8-19(25)23-21)24-20(26)14-9-16-6-2-3-7-16/h4-5,8,10-13,15-16H,2-3,6-7,9,14H2,1H3,(H,24,26). The molecule has 0 bridgehead atoms. The summed E-state index contributed by atoms with van der Waals surface area (Å²) in [5.74, 6) is 2.29. The van der Waals surface area contributed by atoms with Gasteiger partial charge in [0.2, 0.25) is 5.91 Å². The van der Waals surface area contributed by atoms with Crippen molar-refractivity contribution in [3.05, 3.63) is 48.7 Å². The molecule has 27 heavy (non-hydrogen) atoms. The second kappa shape index (κ2) is 7.82. The maximum absolute atomic E-state index is 12.6. The Balaban J connectivity index is 1.60. The number of carbonyl (C=O) groups is 1. The average Bonchev–Trinajstić information content (AvgIpc) is 3.35. The fourth-order valence-electron chi connectivity index (χ4n) is 3.89. The predicted octanol–water partition coefficient (Wildman–Crippen LogP) is 4.92. The maximum Gasteiger partial charge on any atom is 0.225 e. The summed E-state index contributed by atoms with van der Waals surface area (Å²) < 4.78 is 7.18. The summed E-state index contributed by atoms with van der Waals surface area (Å²) in [6.45, 7) is 0. The molecule has 1 amide bonds.